The molecule has 1 atom stereocenters. The number of carboxylic acid groups (broad SMARTS) is 1. The first kappa shape index (κ1) is 18.9. The topological polar surface area (TPSA) is 79.7 Å². The minimum absolute atomic E-state index is 0.113. The number of rotatable bonds is 3. The van der Waals surface area contributed by atoms with Gasteiger partial charge in [0.2, 0.25) is 0 Å². The van der Waals surface area contributed by atoms with Gasteiger partial charge in [-0.1, -0.05) is 18.2 Å². The third-order valence-corrected chi connectivity index (χ3v) is 4.42. The highest BCUT2D eigenvalue weighted by atomic mass is 16.6. The molecule has 1 fully saturated rings. The third-order valence-electron chi connectivity index (χ3n) is 4.42. The number of benzene rings is 1. The van der Waals surface area contributed by atoms with E-state index in [1.54, 1.807) is 29.2 Å². The van der Waals surface area contributed by atoms with Gasteiger partial charge in [-0.25, -0.2) is 9.59 Å². The second-order valence-corrected chi connectivity index (χ2v) is 7.66. The fraction of sp³-hybridized carbons (Fsp3) is 0.381. The monoisotopic (exact) mass is 368 g/mol. The lowest BCUT2D eigenvalue weighted by molar-refractivity contribution is 0.0221. The van der Waals surface area contributed by atoms with E-state index in [1.807, 2.05) is 39.0 Å². The summed E-state index contributed by atoms with van der Waals surface area (Å²) in [4.78, 5) is 30.0. The standard InChI is InChI=1S/C21H24N2O4/c1-21(2,3)27-20(26)23-13-5-8-18(23)17-7-4-6-16(22-17)14-9-11-15(12-10-14)19(24)25/h4,6-7,9-12,18H,5,8,13H2,1-3H3,(H,24,25). The molecule has 0 bridgehead atoms. The molecule has 2 heterocycles. The number of carbonyl (C=O) groups is 2. The van der Waals surface area contributed by atoms with Crippen LogP contribution in [0.2, 0.25) is 0 Å². The first-order valence-corrected chi connectivity index (χ1v) is 9.05. The van der Waals surface area contributed by atoms with Crippen LogP contribution in [0.25, 0.3) is 11.3 Å². The van der Waals surface area contributed by atoms with Gasteiger partial charge in [-0.15, -0.1) is 0 Å². The summed E-state index contributed by atoms with van der Waals surface area (Å²) < 4.78 is 5.53. The third kappa shape index (κ3) is 4.45. The van der Waals surface area contributed by atoms with Gasteiger partial charge >= 0.3 is 12.1 Å². The summed E-state index contributed by atoms with van der Waals surface area (Å²) >= 11 is 0. The van der Waals surface area contributed by atoms with Gasteiger partial charge < -0.3 is 9.84 Å². The van der Waals surface area contributed by atoms with E-state index in [4.69, 9.17) is 14.8 Å². The summed E-state index contributed by atoms with van der Waals surface area (Å²) in [5.74, 6) is -0.956. The largest absolute Gasteiger partial charge is 0.478 e. The number of hydrogen-bond donors (Lipinski definition) is 1. The Morgan fingerprint density at radius 1 is 1.15 bits per heavy atom. The number of carboxylic acids is 1. The molecule has 0 radical (unpaired) electrons. The molecular weight excluding hydrogens is 344 g/mol. The molecule has 1 saturated heterocycles. The molecule has 6 nitrogen and oxygen atoms in total. The summed E-state index contributed by atoms with van der Waals surface area (Å²) in [7, 11) is 0. The van der Waals surface area contributed by atoms with Crippen LogP contribution in [-0.4, -0.2) is 39.2 Å². The van der Waals surface area contributed by atoms with Crippen molar-refractivity contribution >= 4 is 12.1 Å². The SMILES string of the molecule is CC(C)(C)OC(=O)N1CCCC1c1cccc(-c2ccc(C(=O)O)cc2)n1. The quantitative estimate of drug-likeness (QED) is 0.862. The Morgan fingerprint density at radius 3 is 2.48 bits per heavy atom. The predicted octanol–water partition coefficient (Wildman–Crippen LogP) is 4.52. The van der Waals surface area contributed by atoms with Gasteiger partial charge in [0.25, 0.3) is 0 Å². The van der Waals surface area contributed by atoms with E-state index < -0.39 is 11.6 Å². The number of pyridine rings is 1. The molecule has 6 heteroatoms. The Hall–Kier alpha value is -2.89. The highest BCUT2D eigenvalue weighted by molar-refractivity contribution is 5.88. The number of hydrogen-bond acceptors (Lipinski definition) is 4. The van der Waals surface area contributed by atoms with Crippen LogP contribution in [0.1, 0.15) is 55.7 Å². The average Bonchev–Trinajstić information content (AvgIpc) is 3.10. The lowest BCUT2D eigenvalue weighted by atomic mass is 10.1. The lowest BCUT2D eigenvalue weighted by Crippen LogP contribution is -2.36. The van der Waals surface area contributed by atoms with Crippen LogP contribution in [0.3, 0.4) is 0 Å². The maximum Gasteiger partial charge on any atom is 0.410 e. The predicted molar refractivity (Wildman–Crippen MR) is 102 cm³/mol. The van der Waals surface area contributed by atoms with Gasteiger partial charge in [0.05, 0.1) is 23.0 Å². The molecule has 1 aliphatic heterocycles. The Labute approximate surface area is 158 Å². The molecule has 1 aromatic heterocycles. The van der Waals surface area contributed by atoms with Crippen LogP contribution in [0.5, 0.6) is 0 Å². The van der Waals surface area contributed by atoms with Gasteiger partial charge in [0, 0.05) is 12.1 Å². The number of nitrogens with zero attached hydrogens (tertiary/aromatic N) is 2. The first-order chi connectivity index (χ1) is 12.7. The highest BCUT2D eigenvalue weighted by Gasteiger charge is 2.34. The molecule has 1 aromatic carbocycles. The number of carbonyl (C=O) groups excluding carboxylic acids is 1. The fourth-order valence-electron chi connectivity index (χ4n) is 3.19. The second kappa shape index (κ2) is 7.39. The summed E-state index contributed by atoms with van der Waals surface area (Å²) in [5.41, 5.74) is 2.11. The molecule has 27 heavy (non-hydrogen) atoms. The van der Waals surface area contributed by atoms with Crippen molar-refractivity contribution in [1.29, 1.82) is 0 Å². The van der Waals surface area contributed by atoms with E-state index in [0.29, 0.717) is 6.54 Å². The van der Waals surface area contributed by atoms with Crippen molar-refractivity contribution in [3.63, 3.8) is 0 Å². The van der Waals surface area contributed by atoms with Gasteiger partial charge in [-0.3, -0.25) is 9.88 Å². The Bertz CT molecular complexity index is 840. The zero-order chi connectivity index (χ0) is 19.6. The molecule has 1 unspecified atom stereocenters. The van der Waals surface area contributed by atoms with E-state index in [1.165, 1.54) is 0 Å². The molecule has 1 amide bonds. The minimum atomic E-state index is -0.956. The smallest absolute Gasteiger partial charge is 0.410 e. The zero-order valence-electron chi connectivity index (χ0n) is 15.8. The van der Waals surface area contributed by atoms with Crippen molar-refractivity contribution in [2.75, 3.05) is 6.54 Å². The molecule has 1 N–H and O–H groups in total. The highest BCUT2D eigenvalue weighted by Crippen LogP contribution is 2.33. The Morgan fingerprint density at radius 2 is 1.85 bits per heavy atom. The number of aromatic carboxylic acids is 1. The van der Waals surface area contributed by atoms with Crippen molar-refractivity contribution < 1.29 is 19.4 Å². The summed E-state index contributed by atoms with van der Waals surface area (Å²) in [6.45, 7) is 6.22. The van der Waals surface area contributed by atoms with Gasteiger partial charge in [0.1, 0.15) is 5.60 Å². The Balaban J connectivity index is 1.84. The maximum atomic E-state index is 12.5. The summed E-state index contributed by atoms with van der Waals surface area (Å²) in [6, 6.07) is 12.2. The molecule has 142 valence electrons. The van der Waals surface area contributed by atoms with Crippen LogP contribution >= 0.6 is 0 Å². The van der Waals surface area contributed by atoms with E-state index >= 15 is 0 Å². The lowest BCUT2D eigenvalue weighted by Gasteiger charge is -2.28. The van der Waals surface area contributed by atoms with Crippen LogP contribution in [0.4, 0.5) is 4.79 Å². The van der Waals surface area contributed by atoms with Gasteiger partial charge in [-0.05, 0) is 57.9 Å². The Kier molecular flexibility index (Phi) is 5.17. The molecular formula is C21H24N2O4. The fourth-order valence-corrected chi connectivity index (χ4v) is 3.19. The number of ether oxygens (including phenoxy) is 1. The maximum absolute atomic E-state index is 12.5. The summed E-state index contributed by atoms with van der Waals surface area (Å²) in [5, 5.41) is 9.03. The number of aromatic nitrogens is 1. The molecule has 2 aromatic rings. The van der Waals surface area contributed by atoms with Crippen molar-refractivity contribution in [3.05, 3.63) is 53.7 Å². The van der Waals surface area contributed by atoms with Crippen molar-refractivity contribution in [1.82, 2.24) is 9.88 Å². The molecule has 3 rings (SSSR count). The molecule has 0 aliphatic carbocycles. The van der Waals surface area contributed by atoms with E-state index in [-0.39, 0.29) is 17.7 Å². The number of likely N-dealkylation sites (tertiary alicyclic amines) is 1. The van der Waals surface area contributed by atoms with Crippen LogP contribution in [-0.2, 0) is 4.74 Å². The van der Waals surface area contributed by atoms with Crippen LogP contribution < -0.4 is 0 Å². The zero-order valence-corrected chi connectivity index (χ0v) is 15.8. The van der Waals surface area contributed by atoms with E-state index in [9.17, 15) is 9.59 Å². The minimum Gasteiger partial charge on any atom is -0.478 e. The number of amides is 1. The molecule has 1 aliphatic rings. The van der Waals surface area contributed by atoms with Crippen molar-refractivity contribution in [2.45, 2.75) is 45.3 Å². The van der Waals surface area contributed by atoms with E-state index in [2.05, 4.69) is 0 Å². The van der Waals surface area contributed by atoms with Crippen LogP contribution in [0.15, 0.2) is 42.5 Å². The molecule has 0 spiro atoms. The van der Waals surface area contributed by atoms with Crippen molar-refractivity contribution in [3.8, 4) is 11.3 Å². The first-order valence-electron chi connectivity index (χ1n) is 9.05. The average molecular weight is 368 g/mol. The van der Waals surface area contributed by atoms with Gasteiger partial charge in [-0.2, -0.15) is 0 Å². The summed E-state index contributed by atoms with van der Waals surface area (Å²) in [6.07, 6.45) is 1.43. The van der Waals surface area contributed by atoms with Crippen LogP contribution in [0, 0.1) is 0 Å². The molecule has 0 saturated carbocycles. The van der Waals surface area contributed by atoms with Crippen molar-refractivity contribution in [2.24, 2.45) is 0 Å². The van der Waals surface area contributed by atoms with Gasteiger partial charge in [0.15, 0.2) is 0 Å². The second-order valence-electron chi connectivity index (χ2n) is 7.66. The normalized spacial score (nSPS) is 17.0. The van der Waals surface area contributed by atoms with E-state index in [0.717, 1.165) is 29.8 Å².